The number of carbonyl (C=O) groups excluding carboxylic acids is 1. The van der Waals surface area contributed by atoms with Gasteiger partial charge in [0.2, 0.25) is 0 Å². The van der Waals surface area contributed by atoms with Crippen LogP contribution in [0.2, 0.25) is 0 Å². The number of anilines is 2. The van der Waals surface area contributed by atoms with Crippen LogP contribution >= 0.6 is 0 Å². The van der Waals surface area contributed by atoms with Gasteiger partial charge in [0, 0.05) is 43.8 Å². The van der Waals surface area contributed by atoms with Crippen LogP contribution in [0.1, 0.15) is 35.0 Å². The van der Waals surface area contributed by atoms with Crippen molar-refractivity contribution in [1.82, 2.24) is 19.9 Å². The molecule has 2 aliphatic rings. The maximum absolute atomic E-state index is 13.0. The molecular weight excluding hydrogens is 332 g/mol. The molecule has 0 saturated carbocycles. The number of nitrogen functional groups attached to an aromatic ring is 1. The first-order valence-electron chi connectivity index (χ1n) is 8.90. The Bertz CT molecular complexity index is 793. The predicted octanol–water partition coefficient (Wildman–Crippen LogP) is 1.27. The Kier molecular flexibility index (Phi) is 4.66. The van der Waals surface area contributed by atoms with Gasteiger partial charge in [-0.15, -0.1) is 0 Å². The normalized spacial score (nSPS) is 20.4. The average Bonchev–Trinajstić information content (AvgIpc) is 3.23. The Hall–Kier alpha value is -2.74. The van der Waals surface area contributed by atoms with Crippen LogP contribution in [0.5, 0.6) is 0 Å². The van der Waals surface area contributed by atoms with Gasteiger partial charge in [0.1, 0.15) is 23.4 Å². The van der Waals surface area contributed by atoms with E-state index >= 15 is 0 Å². The zero-order valence-electron chi connectivity index (χ0n) is 14.5. The van der Waals surface area contributed by atoms with Crippen LogP contribution in [0.3, 0.4) is 0 Å². The van der Waals surface area contributed by atoms with Gasteiger partial charge in [-0.05, 0) is 25.0 Å². The molecule has 0 radical (unpaired) electrons. The molecule has 8 heteroatoms. The molecule has 4 rings (SSSR count). The standard InChI is InChI=1S/C18H22N6O2/c19-17-16(21-5-6-22-17)14-12-24(9-10-26-14)18(25)13-3-4-20-15(11-13)23-7-1-2-8-23/h3-6,11,14H,1-2,7-10,12H2,(H2,19,22)/t14-/m1/s1. The molecule has 2 aliphatic heterocycles. The first kappa shape index (κ1) is 16.7. The van der Waals surface area contributed by atoms with E-state index in [1.165, 1.54) is 12.8 Å². The molecule has 2 fully saturated rings. The van der Waals surface area contributed by atoms with Gasteiger partial charge in [0.15, 0.2) is 0 Å². The van der Waals surface area contributed by atoms with E-state index < -0.39 is 0 Å². The Labute approximate surface area is 152 Å². The van der Waals surface area contributed by atoms with Gasteiger partial charge in [-0.2, -0.15) is 0 Å². The number of aromatic nitrogens is 3. The second-order valence-corrected chi connectivity index (χ2v) is 6.53. The number of morpholine rings is 1. The van der Waals surface area contributed by atoms with E-state index in [1.54, 1.807) is 29.6 Å². The largest absolute Gasteiger partial charge is 0.382 e. The summed E-state index contributed by atoms with van der Waals surface area (Å²) in [5.41, 5.74) is 7.13. The molecule has 2 N–H and O–H groups in total. The lowest BCUT2D eigenvalue weighted by Crippen LogP contribution is -2.42. The molecule has 0 aliphatic carbocycles. The summed E-state index contributed by atoms with van der Waals surface area (Å²) in [6.07, 6.45) is 6.82. The minimum atomic E-state index is -0.360. The molecule has 0 bridgehead atoms. The van der Waals surface area contributed by atoms with E-state index in [2.05, 4.69) is 19.9 Å². The second kappa shape index (κ2) is 7.25. The van der Waals surface area contributed by atoms with Crippen LogP contribution in [0, 0.1) is 0 Å². The predicted molar refractivity (Wildman–Crippen MR) is 96.7 cm³/mol. The number of hydrogen-bond acceptors (Lipinski definition) is 7. The summed E-state index contributed by atoms with van der Waals surface area (Å²) >= 11 is 0. The number of hydrogen-bond donors (Lipinski definition) is 1. The van der Waals surface area contributed by atoms with Gasteiger partial charge < -0.3 is 20.3 Å². The maximum Gasteiger partial charge on any atom is 0.254 e. The van der Waals surface area contributed by atoms with Gasteiger partial charge in [-0.25, -0.2) is 9.97 Å². The highest BCUT2D eigenvalue weighted by atomic mass is 16.5. The number of carbonyl (C=O) groups is 1. The molecule has 2 saturated heterocycles. The molecule has 0 spiro atoms. The third-order valence-corrected chi connectivity index (χ3v) is 4.84. The van der Waals surface area contributed by atoms with Crippen molar-refractivity contribution in [2.75, 3.05) is 43.4 Å². The molecule has 1 atom stereocenters. The molecule has 26 heavy (non-hydrogen) atoms. The fourth-order valence-corrected chi connectivity index (χ4v) is 3.46. The van der Waals surface area contributed by atoms with Gasteiger partial charge in [0.05, 0.1) is 13.2 Å². The lowest BCUT2D eigenvalue weighted by molar-refractivity contribution is -0.0245. The van der Waals surface area contributed by atoms with Crippen LogP contribution in [0.15, 0.2) is 30.7 Å². The molecule has 0 unspecified atom stereocenters. The van der Waals surface area contributed by atoms with E-state index in [0.29, 0.717) is 36.8 Å². The number of rotatable bonds is 3. The quantitative estimate of drug-likeness (QED) is 0.886. The fourth-order valence-electron chi connectivity index (χ4n) is 3.46. The minimum absolute atomic E-state index is 0.0244. The second-order valence-electron chi connectivity index (χ2n) is 6.53. The van der Waals surface area contributed by atoms with Crippen LogP contribution in [-0.4, -0.2) is 58.5 Å². The molecule has 8 nitrogen and oxygen atoms in total. The SMILES string of the molecule is Nc1nccnc1[C@H]1CN(C(=O)c2ccnc(N3CCCC3)c2)CCO1. The number of pyridine rings is 1. The van der Waals surface area contributed by atoms with Crippen molar-refractivity contribution in [1.29, 1.82) is 0 Å². The van der Waals surface area contributed by atoms with Gasteiger partial charge in [-0.1, -0.05) is 0 Å². The van der Waals surface area contributed by atoms with Crippen molar-refractivity contribution < 1.29 is 9.53 Å². The summed E-state index contributed by atoms with van der Waals surface area (Å²) in [4.78, 5) is 29.7. The molecule has 0 aromatic carbocycles. The topological polar surface area (TPSA) is 97.5 Å². The van der Waals surface area contributed by atoms with Gasteiger partial charge in [-0.3, -0.25) is 9.78 Å². The summed E-state index contributed by atoms with van der Waals surface area (Å²) in [7, 11) is 0. The van der Waals surface area contributed by atoms with E-state index in [-0.39, 0.29) is 12.0 Å². The molecular formula is C18H22N6O2. The Morgan fingerprint density at radius 1 is 1.12 bits per heavy atom. The lowest BCUT2D eigenvalue weighted by atomic mass is 10.1. The van der Waals surface area contributed by atoms with Crippen molar-refractivity contribution >= 4 is 17.5 Å². The first-order valence-corrected chi connectivity index (χ1v) is 8.90. The van der Waals surface area contributed by atoms with Crippen molar-refractivity contribution in [3.63, 3.8) is 0 Å². The van der Waals surface area contributed by atoms with Crippen LogP contribution in [0.4, 0.5) is 11.6 Å². The van der Waals surface area contributed by atoms with Crippen molar-refractivity contribution in [2.24, 2.45) is 0 Å². The summed E-state index contributed by atoms with van der Waals surface area (Å²) < 4.78 is 5.77. The molecule has 4 heterocycles. The van der Waals surface area contributed by atoms with Crippen LogP contribution in [-0.2, 0) is 4.74 Å². The van der Waals surface area contributed by atoms with E-state index in [0.717, 1.165) is 18.9 Å². The van der Waals surface area contributed by atoms with Gasteiger partial charge in [0.25, 0.3) is 5.91 Å². The average molecular weight is 354 g/mol. The minimum Gasteiger partial charge on any atom is -0.382 e. The maximum atomic E-state index is 13.0. The van der Waals surface area contributed by atoms with E-state index in [4.69, 9.17) is 10.5 Å². The lowest BCUT2D eigenvalue weighted by Gasteiger charge is -2.33. The zero-order valence-corrected chi connectivity index (χ0v) is 14.5. The molecule has 2 aromatic rings. The summed E-state index contributed by atoms with van der Waals surface area (Å²) in [5.74, 6) is 1.19. The summed E-state index contributed by atoms with van der Waals surface area (Å²) in [5, 5.41) is 0. The van der Waals surface area contributed by atoms with Crippen LogP contribution in [0.25, 0.3) is 0 Å². The fraction of sp³-hybridized carbons (Fsp3) is 0.444. The summed E-state index contributed by atoms with van der Waals surface area (Å²) in [6.45, 7) is 3.38. The smallest absolute Gasteiger partial charge is 0.254 e. The molecule has 1 amide bonds. The van der Waals surface area contributed by atoms with E-state index in [1.807, 2.05) is 6.07 Å². The third kappa shape index (κ3) is 3.32. The summed E-state index contributed by atoms with van der Waals surface area (Å²) in [6, 6.07) is 3.65. The van der Waals surface area contributed by atoms with Gasteiger partial charge >= 0.3 is 0 Å². The number of ether oxygens (including phenoxy) is 1. The Morgan fingerprint density at radius 3 is 2.73 bits per heavy atom. The molecule has 136 valence electrons. The third-order valence-electron chi connectivity index (χ3n) is 4.84. The Balaban J connectivity index is 1.51. The number of nitrogens with zero attached hydrogens (tertiary/aromatic N) is 5. The molecule has 2 aromatic heterocycles. The Morgan fingerprint density at radius 2 is 1.92 bits per heavy atom. The highest BCUT2D eigenvalue weighted by Crippen LogP contribution is 2.25. The first-order chi connectivity index (χ1) is 12.7. The number of nitrogens with two attached hydrogens (primary N) is 1. The van der Waals surface area contributed by atoms with Crippen molar-refractivity contribution in [3.8, 4) is 0 Å². The van der Waals surface area contributed by atoms with Crippen molar-refractivity contribution in [3.05, 3.63) is 42.0 Å². The number of amides is 1. The highest BCUT2D eigenvalue weighted by Gasteiger charge is 2.29. The van der Waals surface area contributed by atoms with E-state index in [9.17, 15) is 4.79 Å². The van der Waals surface area contributed by atoms with Crippen LogP contribution < -0.4 is 10.6 Å². The zero-order chi connectivity index (χ0) is 17.9. The monoisotopic (exact) mass is 354 g/mol. The highest BCUT2D eigenvalue weighted by molar-refractivity contribution is 5.95. The van der Waals surface area contributed by atoms with Crippen molar-refractivity contribution in [2.45, 2.75) is 18.9 Å².